The highest BCUT2D eigenvalue weighted by Gasteiger charge is 2.11. The fourth-order valence-electron chi connectivity index (χ4n) is 2.49. The van der Waals surface area contributed by atoms with Gasteiger partial charge < -0.3 is 11.1 Å². The summed E-state index contributed by atoms with van der Waals surface area (Å²) in [6.45, 7) is 2.03. The number of nitrogens with one attached hydrogen (secondary N) is 1. The third-order valence-electron chi connectivity index (χ3n) is 3.75. The minimum Gasteiger partial charge on any atom is -0.404 e. The Bertz CT molecular complexity index is 720. The molecule has 1 fully saturated rings. The molecule has 1 aliphatic rings. The average molecular weight is 316 g/mol. The monoisotopic (exact) mass is 315 g/mol. The number of aliphatic imine (C=N–C) groups is 1. The lowest BCUT2D eigenvalue weighted by Gasteiger charge is -2.18. The molecule has 1 aliphatic heterocycles. The van der Waals surface area contributed by atoms with Gasteiger partial charge in [-0.05, 0) is 44.1 Å². The number of hydrogen-bond donors (Lipinski definition) is 2. The first-order valence-corrected chi connectivity index (χ1v) is 7.72. The Morgan fingerprint density at radius 1 is 1.32 bits per heavy atom. The van der Waals surface area contributed by atoms with Crippen LogP contribution in [0.15, 0.2) is 35.6 Å². The second-order valence-corrected chi connectivity index (χ2v) is 5.66. The van der Waals surface area contributed by atoms with Crippen molar-refractivity contribution in [3.8, 4) is 0 Å². The van der Waals surface area contributed by atoms with Crippen molar-refractivity contribution in [3.05, 3.63) is 41.3 Å². The lowest BCUT2D eigenvalue weighted by Crippen LogP contribution is -2.29. The Morgan fingerprint density at radius 3 is 2.91 bits per heavy atom. The number of rotatable bonds is 3. The van der Waals surface area contributed by atoms with Crippen LogP contribution in [0.3, 0.4) is 0 Å². The van der Waals surface area contributed by atoms with Gasteiger partial charge in [0.05, 0.1) is 17.1 Å². The normalized spacial score (nSPS) is 17.4. The molecule has 2 aromatic rings. The molecular weight excluding hydrogens is 298 g/mol. The van der Waals surface area contributed by atoms with E-state index in [-0.39, 0.29) is 0 Å². The zero-order valence-electron chi connectivity index (χ0n) is 12.2. The molecule has 1 saturated heterocycles. The number of nitrogens with zero attached hydrogens (tertiary/aromatic N) is 3. The third-order valence-corrected chi connectivity index (χ3v) is 3.96. The van der Waals surface area contributed by atoms with Crippen LogP contribution in [0.25, 0.3) is 16.6 Å². The maximum Gasteiger partial charge on any atom is 0.129 e. The fraction of sp³-hybridized carbons (Fsp3) is 0.312. The molecule has 0 bridgehead atoms. The minimum atomic E-state index is 0.359. The summed E-state index contributed by atoms with van der Waals surface area (Å²) in [5, 5.41) is 3.78. The van der Waals surface area contributed by atoms with E-state index in [1.807, 2.05) is 18.3 Å². The first-order chi connectivity index (χ1) is 10.8. The highest BCUT2D eigenvalue weighted by atomic mass is 35.5. The lowest BCUT2D eigenvalue weighted by molar-refractivity contribution is 0.461. The van der Waals surface area contributed by atoms with Crippen molar-refractivity contribution in [3.63, 3.8) is 0 Å². The maximum atomic E-state index is 5.94. The second-order valence-electron chi connectivity index (χ2n) is 5.28. The van der Waals surface area contributed by atoms with Crippen molar-refractivity contribution in [2.45, 2.75) is 18.9 Å². The van der Waals surface area contributed by atoms with E-state index in [9.17, 15) is 0 Å². The van der Waals surface area contributed by atoms with Crippen LogP contribution in [0, 0.1) is 0 Å². The summed E-state index contributed by atoms with van der Waals surface area (Å²) in [6, 6.07) is 5.87. The molecule has 3 heterocycles. The van der Waals surface area contributed by atoms with Gasteiger partial charge in [-0.15, -0.1) is 0 Å². The fourth-order valence-corrected chi connectivity index (χ4v) is 2.65. The van der Waals surface area contributed by atoms with E-state index in [0.29, 0.717) is 11.2 Å². The topological polar surface area (TPSA) is 76.2 Å². The van der Waals surface area contributed by atoms with Crippen LogP contribution < -0.4 is 11.1 Å². The molecule has 6 heteroatoms. The van der Waals surface area contributed by atoms with Crippen molar-refractivity contribution in [1.82, 2.24) is 15.3 Å². The van der Waals surface area contributed by atoms with Crippen LogP contribution in [0.4, 0.5) is 0 Å². The van der Waals surface area contributed by atoms with Gasteiger partial charge in [0.2, 0.25) is 0 Å². The second kappa shape index (κ2) is 6.85. The molecule has 0 aromatic carbocycles. The van der Waals surface area contributed by atoms with E-state index in [1.165, 1.54) is 0 Å². The van der Waals surface area contributed by atoms with Gasteiger partial charge in [-0.1, -0.05) is 11.6 Å². The first kappa shape index (κ1) is 14.9. The molecule has 0 radical (unpaired) electrons. The smallest absolute Gasteiger partial charge is 0.129 e. The summed E-state index contributed by atoms with van der Waals surface area (Å²) >= 11 is 5.94. The van der Waals surface area contributed by atoms with E-state index in [2.05, 4.69) is 20.3 Å². The highest BCUT2D eigenvalue weighted by Crippen LogP contribution is 2.19. The van der Waals surface area contributed by atoms with Crippen molar-refractivity contribution < 1.29 is 0 Å². The summed E-state index contributed by atoms with van der Waals surface area (Å²) in [6.07, 6.45) is 7.29. The molecule has 0 aliphatic carbocycles. The van der Waals surface area contributed by atoms with E-state index in [1.54, 1.807) is 18.5 Å². The number of fused-ring (bicyclic) bond motifs is 1. The molecule has 0 atom stereocenters. The summed E-state index contributed by atoms with van der Waals surface area (Å²) in [5.41, 5.74) is 9.04. The number of allylic oxidation sites excluding steroid dienone is 1. The summed E-state index contributed by atoms with van der Waals surface area (Å²) in [7, 11) is 0. The average Bonchev–Trinajstić information content (AvgIpc) is 2.56. The molecule has 2 aromatic heterocycles. The van der Waals surface area contributed by atoms with Crippen molar-refractivity contribution in [2.75, 3.05) is 13.1 Å². The summed E-state index contributed by atoms with van der Waals surface area (Å²) in [4.78, 5) is 13.3. The molecule has 22 heavy (non-hydrogen) atoms. The van der Waals surface area contributed by atoms with Crippen LogP contribution >= 0.6 is 11.6 Å². The molecule has 3 rings (SSSR count). The molecule has 0 unspecified atom stereocenters. The molecule has 3 N–H and O–H groups in total. The summed E-state index contributed by atoms with van der Waals surface area (Å²) < 4.78 is 0. The van der Waals surface area contributed by atoms with Crippen LogP contribution in [0.2, 0.25) is 5.15 Å². The Balaban J connectivity index is 1.85. The van der Waals surface area contributed by atoms with Gasteiger partial charge in [0, 0.05) is 29.7 Å². The van der Waals surface area contributed by atoms with Crippen LogP contribution in [-0.4, -0.2) is 35.3 Å². The molecule has 0 amide bonds. The van der Waals surface area contributed by atoms with Gasteiger partial charge >= 0.3 is 0 Å². The number of pyridine rings is 2. The number of hydrogen-bond acceptors (Lipinski definition) is 5. The van der Waals surface area contributed by atoms with Crippen molar-refractivity contribution >= 4 is 34.4 Å². The highest BCUT2D eigenvalue weighted by molar-refractivity contribution is 6.29. The van der Waals surface area contributed by atoms with Crippen molar-refractivity contribution in [2.24, 2.45) is 10.7 Å². The predicted octanol–water partition coefficient (Wildman–Crippen LogP) is 2.41. The zero-order valence-corrected chi connectivity index (χ0v) is 12.9. The van der Waals surface area contributed by atoms with Gasteiger partial charge in [-0.25, -0.2) is 4.98 Å². The number of nitrogens with two attached hydrogens (primary N) is 1. The molecule has 0 spiro atoms. The van der Waals surface area contributed by atoms with E-state index < -0.39 is 0 Å². The van der Waals surface area contributed by atoms with Gasteiger partial charge in [0.25, 0.3) is 0 Å². The van der Waals surface area contributed by atoms with E-state index in [4.69, 9.17) is 17.3 Å². The van der Waals surface area contributed by atoms with E-state index in [0.717, 1.165) is 48.1 Å². The lowest BCUT2D eigenvalue weighted by atomic mass is 10.1. The Hall–Kier alpha value is -1.98. The van der Waals surface area contributed by atoms with Crippen molar-refractivity contribution in [1.29, 1.82) is 0 Å². The Labute approximate surface area is 134 Å². The summed E-state index contributed by atoms with van der Waals surface area (Å²) in [5.74, 6) is 0. The Morgan fingerprint density at radius 2 is 2.14 bits per heavy atom. The molecule has 114 valence electrons. The molecule has 0 saturated carbocycles. The SMILES string of the molecule is NC=C(C=NC1CCNCC1)c1cnc2ccc(Cl)nc2c1. The van der Waals surface area contributed by atoms with Gasteiger partial charge in [-0.2, -0.15) is 0 Å². The number of aromatic nitrogens is 2. The van der Waals surface area contributed by atoms with Gasteiger partial charge in [0.1, 0.15) is 5.15 Å². The van der Waals surface area contributed by atoms with E-state index >= 15 is 0 Å². The Kier molecular flexibility index (Phi) is 4.65. The number of piperidine rings is 1. The first-order valence-electron chi connectivity index (χ1n) is 7.35. The predicted molar refractivity (Wildman–Crippen MR) is 91.1 cm³/mol. The van der Waals surface area contributed by atoms with Crippen LogP contribution in [-0.2, 0) is 0 Å². The largest absolute Gasteiger partial charge is 0.404 e. The quantitative estimate of drug-likeness (QED) is 0.673. The van der Waals surface area contributed by atoms with Crippen LogP contribution in [0.5, 0.6) is 0 Å². The standard InChI is InChI=1S/C16H18ClN5/c17-16-2-1-14-15(22-16)7-11(9-21-14)12(8-18)10-20-13-3-5-19-6-4-13/h1-2,7-10,13,19H,3-6,18H2. The maximum absolute atomic E-state index is 5.94. The van der Waals surface area contributed by atoms with Gasteiger partial charge in [0.15, 0.2) is 0 Å². The number of halogens is 1. The minimum absolute atomic E-state index is 0.359. The third kappa shape index (κ3) is 3.43. The van der Waals surface area contributed by atoms with Crippen LogP contribution in [0.1, 0.15) is 18.4 Å². The molecular formula is C16H18ClN5. The molecule has 5 nitrogen and oxygen atoms in total. The van der Waals surface area contributed by atoms with Gasteiger partial charge in [-0.3, -0.25) is 9.98 Å². The zero-order chi connectivity index (χ0) is 15.4.